The Morgan fingerprint density at radius 2 is 2.23 bits per heavy atom. The molecule has 0 radical (unpaired) electrons. The number of rotatable bonds is 4. The normalized spacial score (nSPS) is 19.2. The number of primary amides is 1. The molecule has 6 heteroatoms. The monoisotopic (exact) mass is 317 g/mol. The lowest BCUT2D eigenvalue weighted by molar-refractivity contribution is -0.0330. The van der Waals surface area contributed by atoms with E-state index in [0.29, 0.717) is 12.2 Å². The smallest absolute Gasteiger partial charge is 0.248 e. The molecule has 1 aliphatic heterocycles. The average molecular weight is 317 g/mol. The van der Waals surface area contributed by atoms with Crippen molar-refractivity contribution < 1.29 is 9.53 Å². The van der Waals surface area contributed by atoms with Crippen LogP contribution in [0, 0.1) is 6.92 Å². The van der Waals surface area contributed by atoms with Crippen LogP contribution < -0.4 is 5.73 Å². The molecule has 0 saturated carbocycles. The Hall–Kier alpha value is -1.76. The average Bonchev–Trinajstić information content (AvgIpc) is 2.95. The van der Waals surface area contributed by atoms with Gasteiger partial charge in [0.2, 0.25) is 5.91 Å². The van der Waals surface area contributed by atoms with Gasteiger partial charge in [0.15, 0.2) is 0 Å². The van der Waals surface area contributed by atoms with Gasteiger partial charge < -0.3 is 10.5 Å². The highest BCUT2D eigenvalue weighted by Gasteiger charge is 2.24. The summed E-state index contributed by atoms with van der Waals surface area (Å²) < 4.78 is 5.84. The van der Waals surface area contributed by atoms with Crippen LogP contribution in [-0.2, 0) is 11.3 Å². The molecule has 1 fully saturated rings. The van der Waals surface area contributed by atoms with E-state index in [-0.39, 0.29) is 6.10 Å². The number of carbonyl (C=O) groups excluding carboxylic acids is 1. The predicted molar refractivity (Wildman–Crippen MR) is 85.8 cm³/mol. The molecule has 5 nitrogen and oxygen atoms in total. The predicted octanol–water partition coefficient (Wildman–Crippen LogP) is 2.12. The Morgan fingerprint density at radius 1 is 1.45 bits per heavy atom. The van der Waals surface area contributed by atoms with Crippen LogP contribution in [0.15, 0.2) is 29.6 Å². The maximum Gasteiger partial charge on any atom is 0.248 e. The van der Waals surface area contributed by atoms with Gasteiger partial charge in [0, 0.05) is 36.3 Å². The summed E-state index contributed by atoms with van der Waals surface area (Å²) in [7, 11) is 0. The van der Waals surface area contributed by atoms with Crippen LogP contribution in [0.5, 0.6) is 0 Å². The van der Waals surface area contributed by atoms with E-state index in [1.165, 1.54) is 5.56 Å². The molecular formula is C16H19N3O2S. The molecule has 1 amide bonds. The highest BCUT2D eigenvalue weighted by Crippen LogP contribution is 2.26. The van der Waals surface area contributed by atoms with Crippen LogP contribution in [0.3, 0.4) is 0 Å². The Labute approximate surface area is 133 Å². The van der Waals surface area contributed by atoms with E-state index >= 15 is 0 Å². The number of carbonyl (C=O) groups is 1. The second-order valence-corrected chi connectivity index (χ2v) is 6.37. The second-order valence-electron chi connectivity index (χ2n) is 5.48. The van der Waals surface area contributed by atoms with Gasteiger partial charge in [0.1, 0.15) is 11.1 Å². The van der Waals surface area contributed by atoms with Crippen molar-refractivity contribution >= 4 is 17.2 Å². The van der Waals surface area contributed by atoms with Crippen LogP contribution >= 0.6 is 11.3 Å². The Balaban J connectivity index is 1.63. The minimum Gasteiger partial charge on any atom is -0.368 e. The van der Waals surface area contributed by atoms with Crippen LogP contribution in [0.25, 0.3) is 0 Å². The first-order valence-corrected chi connectivity index (χ1v) is 8.14. The van der Waals surface area contributed by atoms with Crippen molar-refractivity contribution in [1.82, 2.24) is 9.88 Å². The molecule has 2 aromatic rings. The van der Waals surface area contributed by atoms with Gasteiger partial charge in [-0.2, -0.15) is 0 Å². The number of benzene rings is 1. The summed E-state index contributed by atoms with van der Waals surface area (Å²) in [6.45, 7) is 5.29. The lowest BCUT2D eigenvalue weighted by Gasteiger charge is -2.32. The number of nitrogens with zero attached hydrogens (tertiary/aromatic N) is 2. The topological polar surface area (TPSA) is 68.5 Å². The van der Waals surface area contributed by atoms with E-state index in [1.54, 1.807) is 23.5 Å². The van der Waals surface area contributed by atoms with Crippen LogP contribution in [0.1, 0.15) is 32.7 Å². The van der Waals surface area contributed by atoms with Crippen LogP contribution in [-0.4, -0.2) is 35.5 Å². The first-order valence-electron chi connectivity index (χ1n) is 7.26. The van der Waals surface area contributed by atoms with E-state index in [1.807, 2.05) is 19.1 Å². The van der Waals surface area contributed by atoms with Gasteiger partial charge >= 0.3 is 0 Å². The third-order valence-corrected chi connectivity index (χ3v) is 4.76. The summed E-state index contributed by atoms with van der Waals surface area (Å²) in [5.74, 6) is -0.392. The minimum atomic E-state index is -0.392. The SMILES string of the molecule is Cc1csc([C@H]2CN(Cc3ccc(C(N)=O)cc3)CCO2)n1. The Kier molecular flexibility index (Phi) is 4.52. The quantitative estimate of drug-likeness (QED) is 0.938. The summed E-state index contributed by atoms with van der Waals surface area (Å²) in [4.78, 5) is 18.0. The fourth-order valence-electron chi connectivity index (χ4n) is 2.55. The summed E-state index contributed by atoms with van der Waals surface area (Å²) in [6.07, 6.45) is 0.0531. The largest absolute Gasteiger partial charge is 0.368 e. The van der Waals surface area contributed by atoms with E-state index in [0.717, 1.165) is 30.3 Å². The van der Waals surface area contributed by atoms with Crippen LogP contribution in [0.2, 0.25) is 0 Å². The van der Waals surface area contributed by atoms with Gasteiger partial charge in [0.25, 0.3) is 0 Å². The Morgan fingerprint density at radius 3 is 2.86 bits per heavy atom. The first-order chi connectivity index (χ1) is 10.6. The van der Waals surface area contributed by atoms with E-state index in [4.69, 9.17) is 10.5 Å². The standard InChI is InChI=1S/C16H19N3O2S/c1-11-10-22-16(18-11)14-9-19(6-7-21-14)8-12-2-4-13(5-3-12)15(17)20/h2-5,10,14H,6-9H2,1H3,(H2,17,20)/t14-/m1/s1. The Bertz CT molecular complexity index is 654. The van der Waals surface area contributed by atoms with Gasteiger partial charge in [-0.1, -0.05) is 12.1 Å². The zero-order valence-corrected chi connectivity index (χ0v) is 13.3. The van der Waals surface area contributed by atoms with E-state index in [2.05, 4.69) is 15.3 Å². The highest BCUT2D eigenvalue weighted by atomic mass is 32.1. The molecule has 1 atom stereocenters. The van der Waals surface area contributed by atoms with E-state index in [9.17, 15) is 4.79 Å². The zero-order chi connectivity index (χ0) is 15.5. The molecule has 0 bridgehead atoms. The fraction of sp³-hybridized carbons (Fsp3) is 0.375. The van der Waals surface area contributed by atoms with Gasteiger partial charge in [-0.3, -0.25) is 9.69 Å². The number of hydrogen-bond acceptors (Lipinski definition) is 5. The van der Waals surface area contributed by atoms with Crippen LogP contribution in [0.4, 0.5) is 0 Å². The molecule has 0 aliphatic carbocycles. The number of aryl methyl sites for hydroxylation is 1. The van der Waals surface area contributed by atoms with Crippen molar-refractivity contribution in [2.45, 2.75) is 19.6 Å². The molecule has 116 valence electrons. The number of morpholine rings is 1. The maximum atomic E-state index is 11.1. The van der Waals surface area contributed by atoms with Crippen molar-refractivity contribution in [3.8, 4) is 0 Å². The van der Waals surface area contributed by atoms with E-state index < -0.39 is 5.91 Å². The molecule has 1 aromatic heterocycles. The van der Waals surface area contributed by atoms with Gasteiger partial charge in [-0.15, -0.1) is 11.3 Å². The lowest BCUT2D eigenvalue weighted by Crippen LogP contribution is -2.37. The maximum absolute atomic E-state index is 11.1. The minimum absolute atomic E-state index is 0.0531. The van der Waals surface area contributed by atoms with Crippen molar-refractivity contribution in [2.75, 3.05) is 19.7 Å². The number of thiazole rings is 1. The zero-order valence-electron chi connectivity index (χ0n) is 12.5. The summed E-state index contributed by atoms with van der Waals surface area (Å²) in [5.41, 5.74) is 8.02. The van der Waals surface area contributed by atoms with Gasteiger partial charge in [-0.25, -0.2) is 4.98 Å². The number of aromatic nitrogens is 1. The third kappa shape index (κ3) is 3.52. The van der Waals surface area contributed by atoms with Crippen molar-refractivity contribution in [3.63, 3.8) is 0 Å². The molecule has 0 spiro atoms. The number of ether oxygens (including phenoxy) is 1. The second kappa shape index (κ2) is 6.56. The molecule has 2 N–H and O–H groups in total. The van der Waals surface area contributed by atoms with Gasteiger partial charge in [-0.05, 0) is 24.6 Å². The first kappa shape index (κ1) is 15.1. The molecule has 0 unspecified atom stereocenters. The molecule has 1 aromatic carbocycles. The van der Waals surface area contributed by atoms with Crippen molar-refractivity contribution in [1.29, 1.82) is 0 Å². The molecule has 3 rings (SSSR count). The number of nitrogens with two attached hydrogens (primary N) is 1. The number of hydrogen-bond donors (Lipinski definition) is 1. The molecular weight excluding hydrogens is 298 g/mol. The van der Waals surface area contributed by atoms with Crippen molar-refractivity contribution in [3.05, 3.63) is 51.5 Å². The fourth-order valence-corrected chi connectivity index (χ4v) is 3.38. The molecule has 1 aliphatic rings. The highest BCUT2D eigenvalue weighted by molar-refractivity contribution is 7.09. The number of amides is 1. The lowest BCUT2D eigenvalue weighted by atomic mass is 10.1. The van der Waals surface area contributed by atoms with Gasteiger partial charge in [0.05, 0.1) is 6.61 Å². The summed E-state index contributed by atoms with van der Waals surface area (Å²) >= 11 is 1.66. The third-order valence-electron chi connectivity index (χ3n) is 3.71. The summed E-state index contributed by atoms with van der Waals surface area (Å²) in [5, 5.41) is 3.10. The van der Waals surface area contributed by atoms with Crippen molar-refractivity contribution in [2.24, 2.45) is 5.73 Å². The summed E-state index contributed by atoms with van der Waals surface area (Å²) in [6, 6.07) is 7.47. The molecule has 2 heterocycles. The molecule has 1 saturated heterocycles. The molecule has 22 heavy (non-hydrogen) atoms.